The Morgan fingerprint density at radius 3 is 2.85 bits per heavy atom. The Morgan fingerprint density at radius 2 is 2.15 bits per heavy atom. The fourth-order valence-corrected chi connectivity index (χ4v) is 3.44. The highest BCUT2D eigenvalue weighted by Gasteiger charge is 2.44. The third kappa shape index (κ3) is 2.15. The van der Waals surface area contributed by atoms with E-state index in [0.717, 1.165) is 24.0 Å². The summed E-state index contributed by atoms with van der Waals surface area (Å²) in [7, 11) is 0. The van der Waals surface area contributed by atoms with Crippen LogP contribution in [0.1, 0.15) is 37.0 Å². The van der Waals surface area contributed by atoms with Crippen molar-refractivity contribution in [1.82, 2.24) is 0 Å². The fraction of sp³-hybridized carbons (Fsp3) is 0.529. The van der Waals surface area contributed by atoms with E-state index in [1.54, 1.807) is 6.07 Å². The van der Waals surface area contributed by atoms with Crippen molar-refractivity contribution in [2.75, 3.05) is 13.2 Å². The summed E-state index contributed by atoms with van der Waals surface area (Å²) in [6.07, 6.45) is 4.18. The number of allylic oxidation sites excluding steroid dienone is 1. The van der Waals surface area contributed by atoms with Gasteiger partial charge in [-0.15, -0.1) is 0 Å². The second-order valence-electron chi connectivity index (χ2n) is 6.40. The molecule has 2 N–H and O–H groups in total. The molecule has 1 aromatic rings. The van der Waals surface area contributed by atoms with Gasteiger partial charge in [-0.1, -0.05) is 17.7 Å². The van der Waals surface area contributed by atoms with E-state index < -0.39 is 0 Å². The van der Waals surface area contributed by atoms with Gasteiger partial charge in [0.1, 0.15) is 5.75 Å². The van der Waals surface area contributed by atoms with Gasteiger partial charge in [-0.3, -0.25) is 0 Å². The Kier molecular flexibility index (Phi) is 3.35. The maximum atomic E-state index is 9.67. The zero-order chi connectivity index (χ0) is 14.3. The molecule has 0 amide bonds. The van der Waals surface area contributed by atoms with Crippen molar-refractivity contribution in [3.05, 3.63) is 41.0 Å². The third-order valence-electron chi connectivity index (χ3n) is 4.91. The van der Waals surface area contributed by atoms with E-state index in [0.29, 0.717) is 18.3 Å². The molecule has 3 atom stereocenters. The van der Waals surface area contributed by atoms with E-state index in [2.05, 4.69) is 13.0 Å². The lowest BCUT2D eigenvalue weighted by Gasteiger charge is -2.47. The smallest absolute Gasteiger partial charge is 0.118 e. The Bertz CT molecular complexity index is 549. The molecule has 3 nitrogen and oxygen atoms in total. The first-order valence-electron chi connectivity index (χ1n) is 7.23. The summed E-state index contributed by atoms with van der Waals surface area (Å²) in [5.41, 5.74) is 3.26. The number of aliphatic hydroxyl groups is 1. The number of ether oxygens (including phenoxy) is 1. The molecule has 0 unspecified atom stereocenters. The van der Waals surface area contributed by atoms with Crippen molar-refractivity contribution in [3.63, 3.8) is 0 Å². The molecule has 1 fully saturated rings. The van der Waals surface area contributed by atoms with Crippen LogP contribution in [-0.4, -0.2) is 23.4 Å². The Morgan fingerprint density at radius 1 is 1.35 bits per heavy atom. The predicted molar refractivity (Wildman–Crippen MR) is 77.5 cm³/mol. The van der Waals surface area contributed by atoms with Crippen molar-refractivity contribution < 1.29 is 14.9 Å². The molecule has 3 rings (SSSR count). The predicted octanol–water partition coefficient (Wildman–Crippen LogP) is 3.11. The van der Waals surface area contributed by atoms with Crippen LogP contribution in [0.4, 0.5) is 0 Å². The number of aryl methyl sites for hydroxylation is 1. The number of fused-ring (bicyclic) bond motifs is 2. The van der Waals surface area contributed by atoms with E-state index >= 15 is 0 Å². The standard InChI is InChI=1S/C17H22O3/c1-11-5-6-17(9-18)8-14(11)16(20-10-17)13-3-4-15(19)12(2)7-13/h3-5,7,14,16,18-19H,6,8-10H2,1-2H3/t14-,16+,17-/m1/s1. The minimum absolute atomic E-state index is 0.0329. The molecule has 0 saturated carbocycles. The number of phenolic OH excluding ortho intramolecular Hbond substituents is 1. The highest BCUT2D eigenvalue weighted by atomic mass is 16.5. The Hall–Kier alpha value is -1.32. The van der Waals surface area contributed by atoms with Crippen LogP contribution in [0.15, 0.2) is 29.8 Å². The van der Waals surface area contributed by atoms with Gasteiger partial charge in [0.2, 0.25) is 0 Å². The SMILES string of the molecule is CC1=CC[C@@]2(CO)CO[C@@H](c3ccc(O)c(C)c3)[C@@H]1C2. The Labute approximate surface area is 119 Å². The molecule has 20 heavy (non-hydrogen) atoms. The van der Waals surface area contributed by atoms with Crippen LogP contribution in [0.25, 0.3) is 0 Å². The van der Waals surface area contributed by atoms with Crippen molar-refractivity contribution in [1.29, 1.82) is 0 Å². The second-order valence-corrected chi connectivity index (χ2v) is 6.40. The van der Waals surface area contributed by atoms with Gasteiger partial charge < -0.3 is 14.9 Å². The molecule has 0 aromatic heterocycles. The second kappa shape index (κ2) is 4.90. The minimum Gasteiger partial charge on any atom is -0.508 e. The van der Waals surface area contributed by atoms with Crippen LogP contribution in [0, 0.1) is 18.3 Å². The first-order chi connectivity index (χ1) is 9.54. The van der Waals surface area contributed by atoms with Crippen molar-refractivity contribution >= 4 is 0 Å². The van der Waals surface area contributed by atoms with Gasteiger partial charge >= 0.3 is 0 Å². The van der Waals surface area contributed by atoms with E-state index in [1.165, 1.54) is 5.57 Å². The number of phenols is 1. The summed E-state index contributed by atoms with van der Waals surface area (Å²) >= 11 is 0. The van der Waals surface area contributed by atoms with Crippen LogP contribution < -0.4 is 0 Å². The van der Waals surface area contributed by atoms with E-state index in [1.807, 2.05) is 19.1 Å². The van der Waals surface area contributed by atoms with Gasteiger partial charge in [0.05, 0.1) is 19.3 Å². The lowest BCUT2D eigenvalue weighted by atomic mass is 9.67. The molecule has 1 aliphatic heterocycles. The lowest BCUT2D eigenvalue weighted by Crippen LogP contribution is -2.43. The van der Waals surface area contributed by atoms with Gasteiger partial charge in [0, 0.05) is 11.3 Å². The van der Waals surface area contributed by atoms with Crippen LogP contribution in [0.5, 0.6) is 5.75 Å². The molecule has 108 valence electrons. The third-order valence-corrected chi connectivity index (χ3v) is 4.91. The first kappa shape index (κ1) is 13.7. The lowest BCUT2D eigenvalue weighted by molar-refractivity contribution is -0.113. The number of benzene rings is 1. The van der Waals surface area contributed by atoms with E-state index in [-0.39, 0.29) is 18.1 Å². The van der Waals surface area contributed by atoms with E-state index in [9.17, 15) is 10.2 Å². The highest BCUT2D eigenvalue weighted by Crippen LogP contribution is 2.50. The average molecular weight is 274 g/mol. The minimum atomic E-state index is -0.0906. The highest BCUT2D eigenvalue weighted by molar-refractivity contribution is 5.37. The molecule has 0 spiro atoms. The molecule has 0 radical (unpaired) electrons. The number of rotatable bonds is 2. The molecule has 1 saturated heterocycles. The molecule has 1 aliphatic carbocycles. The summed E-state index contributed by atoms with van der Waals surface area (Å²) in [5, 5.41) is 19.3. The molecule has 1 heterocycles. The van der Waals surface area contributed by atoms with Crippen LogP contribution in [-0.2, 0) is 4.74 Å². The first-order valence-corrected chi connectivity index (χ1v) is 7.23. The summed E-state index contributed by atoms with van der Waals surface area (Å²) in [4.78, 5) is 0. The molecule has 2 bridgehead atoms. The molecule has 2 aliphatic rings. The Balaban J connectivity index is 1.93. The van der Waals surface area contributed by atoms with Crippen LogP contribution in [0.3, 0.4) is 0 Å². The van der Waals surface area contributed by atoms with Crippen molar-refractivity contribution in [2.24, 2.45) is 11.3 Å². The number of aromatic hydroxyl groups is 1. The van der Waals surface area contributed by atoms with Gasteiger partial charge in [0.15, 0.2) is 0 Å². The van der Waals surface area contributed by atoms with Gasteiger partial charge in [-0.05, 0) is 49.9 Å². The largest absolute Gasteiger partial charge is 0.508 e. The quantitative estimate of drug-likeness (QED) is 0.815. The van der Waals surface area contributed by atoms with Gasteiger partial charge in [-0.25, -0.2) is 0 Å². The summed E-state index contributed by atoms with van der Waals surface area (Å²) in [6.45, 7) is 4.85. The van der Waals surface area contributed by atoms with Crippen LogP contribution >= 0.6 is 0 Å². The topological polar surface area (TPSA) is 49.7 Å². The molecular weight excluding hydrogens is 252 g/mol. The average Bonchev–Trinajstić information content (AvgIpc) is 2.47. The maximum absolute atomic E-state index is 9.67. The van der Waals surface area contributed by atoms with Gasteiger partial charge in [0.25, 0.3) is 0 Å². The van der Waals surface area contributed by atoms with Crippen molar-refractivity contribution in [2.45, 2.75) is 32.8 Å². The number of hydrogen-bond donors (Lipinski definition) is 2. The molecular formula is C17H22O3. The summed E-state index contributed by atoms with van der Waals surface area (Å²) in [6, 6.07) is 5.69. The normalized spacial score (nSPS) is 32.9. The van der Waals surface area contributed by atoms with E-state index in [4.69, 9.17) is 4.74 Å². The molecule has 1 aromatic carbocycles. The summed E-state index contributed by atoms with van der Waals surface area (Å²) in [5.74, 6) is 0.652. The fourth-order valence-electron chi connectivity index (χ4n) is 3.44. The van der Waals surface area contributed by atoms with Crippen LogP contribution in [0.2, 0.25) is 0 Å². The molecule has 3 heteroatoms. The van der Waals surface area contributed by atoms with Gasteiger partial charge in [-0.2, -0.15) is 0 Å². The number of hydrogen-bond acceptors (Lipinski definition) is 3. The summed E-state index contributed by atoms with van der Waals surface area (Å²) < 4.78 is 6.11. The number of aliphatic hydroxyl groups excluding tert-OH is 1. The zero-order valence-electron chi connectivity index (χ0n) is 12.1. The maximum Gasteiger partial charge on any atom is 0.118 e. The van der Waals surface area contributed by atoms with Crippen molar-refractivity contribution in [3.8, 4) is 5.75 Å². The monoisotopic (exact) mass is 274 g/mol. The zero-order valence-corrected chi connectivity index (χ0v) is 12.1.